The number of rotatable bonds is 6. The molecule has 0 unspecified atom stereocenters. The fourth-order valence-corrected chi connectivity index (χ4v) is 3.48. The van der Waals surface area contributed by atoms with Gasteiger partial charge in [0, 0.05) is 24.7 Å². The number of carbonyl (C=O) groups excluding carboxylic acids is 2. The zero-order valence-electron chi connectivity index (χ0n) is 15.3. The van der Waals surface area contributed by atoms with Crippen LogP contribution in [-0.4, -0.2) is 30.0 Å². The zero-order valence-corrected chi connectivity index (χ0v) is 16.1. The van der Waals surface area contributed by atoms with Crippen LogP contribution in [0.15, 0.2) is 66.0 Å². The predicted octanol–water partition coefficient (Wildman–Crippen LogP) is 5.15. The normalized spacial score (nSPS) is 11.2. The lowest BCUT2D eigenvalue weighted by molar-refractivity contribution is -0.275. The topological polar surface area (TPSA) is 46.6 Å². The highest BCUT2D eigenvalue weighted by Crippen LogP contribution is 2.27. The van der Waals surface area contributed by atoms with Gasteiger partial charge in [0.15, 0.2) is 0 Å². The van der Waals surface area contributed by atoms with Crippen LogP contribution in [0.4, 0.5) is 13.2 Å². The summed E-state index contributed by atoms with van der Waals surface area (Å²) in [5.41, 5.74) is 0.622. The summed E-state index contributed by atoms with van der Waals surface area (Å²) in [6.45, 7) is -0.118. The molecule has 0 saturated heterocycles. The first-order chi connectivity index (χ1) is 13.8. The van der Waals surface area contributed by atoms with Crippen LogP contribution < -0.4 is 4.74 Å². The minimum absolute atomic E-state index is 0.118. The van der Waals surface area contributed by atoms with Crippen molar-refractivity contribution in [2.24, 2.45) is 0 Å². The number of ether oxygens (including phenoxy) is 1. The molecule has 0 radical (unpaired) electrons. The summed E-state index contributed by atoms with van der Waals surface area (Å²) in [5, 5.41) is 1.77. The van der Waals surface area contributed by atoms with E-state index in [2.05, 4.69) is 4.74 Å². The summed E-state index contributed by atoms with van der Waals surface area (Å²) in [6.07, 6.45) is -4.83. The average molecular weight is 419 g/mol. The fourth-order valence-electron chi connectivity index (χ4n) is 2.80. The number of benzene rings is 2. The van der Waals surface area contributed by atoms with Crippen LogP contribution >= 0.6 is 11.3 Å². The quantitative estimate of drug-likeness (QED) is 0.519. The largest absolute Gasteiger partial charge is 0.573 e. The number of amides is 1. The molecule has 2 aromatic carbocycles. The molecule has 0 bridgehead atoms. The molecule has 0 aliphatic heterocycles. The van der Waals surface area contributed by atoms with Gasteiger partial charge in [0.1, 0.15) is 5.75 Å². The molecule has 3 rings (SSSR count). The highest BCUT2D eigenvalue weighted by Gasteiger charge is 2.32. The molecule has 0 N–H and O–H groups in total. The smallest absolute Gasteiger partial charge is 0.405 e. The highest BCUT2D eigenvalue weighted by molar-refractivity contribution is 7.12. The maximum absolute atomic E-state index is 13.0. The van der Waals surface area contributed by atoms with Crippen molar-refractivity contribution in [1.29, 1.82) is 0 Å². The summed E-state index contributed by atoms with van der Waals surface area (Å²) in [5.74, 6) is -1.13. The third kappa shape index (κ3) is 5.03. The second-order valence-electron chi connectivity index (χ2n) is 6.17. The number of halogens is 3. The van der Waals surface area contributed by atoms with E-state index in [9.17, 15) is 22.8 Å². The SMILES string of the molecule is CN(Cc1ccccc1OC(F)(F)F)C(=O)c1ccccc1C(=O)c1cccs1. The molecule has 0 atom stereocenters. The molecule has 0 fully saturated rings. The molecular formula is C21H16F3NO3S. The van der Waals surface area contributed by atoms with E-state index in [1.807, 2.05) is 0 Å². The summed E-state index contributed by atoms with van der Waals surface area (Å²) in [4.78, 5) is 27.4. The first kappa shape index (κ1) is 20.6. The van der Waals surface area contributed by atoms with E-state index in [1.54, 1.807) is 41.8 Å². The summed E-state index contributed by atoms with van der Waals surface area (Å²) in [7, 11) is 1.46. The van der Waals surface area contributed by atoms with Gasteiger partial charge in [-0.05, 0) is 23.6 Å². The predicted molar refractivity (Wildman–Crippen MR) is 103 cm³/mol. The molecule has 1 amide bonds. The van der Waals surface area contributed by atoms with Gasteiger partial charge in [-0.1, -0.05) is 42.5 Å². The van der Waals surface area contributed by atoms with Crippen molar-refractivity contribution in [2.45, 2.75) is 12.9 Å². The summed E-state index contributed by atoms with van der Waals surface area (Å²) in [6, 6.07) is 15.4. The molecule has 1 aromatic heterocycles. The second kappa shape index (κ2) is 8.48. The lowest BCUT2D eigenvalue weighted by Crippen LogP contribution is -2.28. The molecule has 8 heteroatoms. The Bertz CT molecular complexity index is 1020. The van der Waals surface area contributed by atoms with Gasteiger partial charge in [0.2, 0.25) is 5.78 Å². The van der Waals surface area contributed by atoms with E-state index in [1.165, 1.54) is 47.5 Å². The standard InChI is InChI=1S/C21H16F3NO3S/c1-25(13-14-7-2-5-10-17(14)28-21(22,23)24)20(27)16-9-4-3-8-15(16)19(26)18-11-6-12-29-18/h2-12H,13H2,1H3. The van der Waals surface area contributed by atoms with Crippen molar-refractivity contribution in [3.8, 4) is 5.75 Å². The highest BCUT2D eigenvalue weighted by atomic mass is 32.1. The number of para-hydroxylation sites is 1. The first-order valence-corrected chi connectivity index (χ1v) is 9.40. The maximum atomic E-state index is 13.0. The molecule has 4 nitrogen and oxygen atoms in total. The van der Waals surface area contributed by atoms with E-state index in [4.69, 9.17) is 0 Å². The van der Waals surface area contributed by atoms with Gasteiger partial charge in [-0.15, -0.1) is 24.5 Å². The van der Waals surface area contributed by atoms with Crippen LogP contribution in [0.25, 0.3) is 0 Å². The van der Waals surface area contributed by atoms with Gasteiger partial charge >= 0.3 is 6.36 Å². The van der Waals surface area contributed by atoms with Crippen molar-refractivity contribution < 1.29 is 27.5 Å². The minimum atomic E-state index is -4.83. The molecule has 150 valence electrons. The monoisotopic (exact) mass is 419 g/mol. The molecule has 29 heavy (non-hydrogen) atoms. The summed E-state index contributed by atoms with van der Waals surface area (Å²) < 4.78 is 41.9. The molecule has 0 aliphatic carbocycles. The lowest BCUT2D eigenvalue weighted by atomic mass is 10.0. The first-order valence-electron chi connectivity index (χ1n) is 8.52. The van der Waals surface area contributed by atoms with Gasteiger partial charge in [-0.25, -0.2) is 0 Å². The maximum Gasteiger partial charge on any atom is 0.573 e. The van der Waals surface area contributed by atoms with Crippen LogP contribution in [-0.2, 0) is 6.54 Å². The van der Waals surface area contributed by atoms with Crippen LogP contribution in [0.5, 0.6) is 5.75 Å². The van der Waals surface area contributed by atoms with E-state index in [-0.39, 0.29) is 34.8 Å². The Morgan fingerprint density at radius 3 is 2.28 bits per heavy atom. The van der Waals surface area contributed by atoms with Crippen molar-refractivity contribution in [3.63, 3.8) is 0 Å². The van der Waals surface area contributed by atoms with E-state index >= 15 is 0 Å². The van der Waals surface area contributed by atoms with E-state index < -0.39 is 12.3 Å². The Hall–Kier alpha value is -3.13. The minimum Gasteiger partial charge on any atom is -0.405 e. The van der Waals surface area contributed by atoms with Crippen molar-refractivity contribution in [3.05, 3.63) is 87.6 Å². The third-order valence-electron chi connectivity index (χ3n) is 4.10. The number of ketones is 1. The molecule has 0 aliphatic rings. The van der Waals surface area contributed by atoms with Crippen LogP contribution in [0.2, 0.25) is 0 Å². The van der Waals surface area contributed by atoms with Gasteiger partial charge < -0.3 is 9.64 Å². The number of alkyl halides is 3. The Morgan fingerprint density at radius 1 is 0.966 bits per heavy atom. The number of hydrogen-bond acceptors (Lipinski definition) is 4. The number of thiophene rings is 1. The third-order valence-corrected chi connectivity index (χ3v) is 4.97. The van der Waals surface area contributed by atoms with Crippen LogP contribution in [0, 0.1) is 0 Å². The lowest BCUT2D eigenvalue weighted by Gasteiger charge is -2.21. The van der Waals surface area contributed by atoms with E-state index in [0.29, 0.717) is 4.88 Å². The number of nitrogens with zero attached hydrogens (tertiary/aromatic N) is 1. The van der Waals surface area contributed by atoms with Gasteiger partial charge in [-0.3, -0.25) is 9.59 Å². The van der Waals surface area contributed by atoms with Gasteiger partial charge in [-0.2, -0.15) is 0 Å². The average Bonchev–Trinajstić information content (AvgIpc) is 3.22. The number of hydrogen-bond donors (Lipinski definition) is 0. The van der Waals surface area contributed by atoms with Crippen molar-refractivity contribution in [1.82, 2.24) is 4.90 Å². The molecular weight excluding hydrogens is 403 g/mol. The molecule has 0 spiro atoms. The van der Waals surface area contributed by atoms with Crippen molar-refractivity contribution in [2.75, 3.05) is 7.05 Å². The van der Waals surface area contributed by atoms with Crippen LogP contribution in [0.3, 0.4) is 0 Å². The Morgan fingerprint density at radius 2 is 1.62 bits per heavy atom. The molecule has 0 saturated carbocycles. The van der Waals surface area contributed by atoms with Crippen molar-refractivity contribution >= 4 is 23.0 Å². The van der Waals surface area contributed by atoms with Gasteiger partial charge in [0.05, 0.1) is 10.4 Å². The zero-order chi connectivity index (χ0) is 21.0. The molecule has 1 heterocycles. The Labute approximate surface area is 169 Å². The number of carbonyl (C=O) groups is 2. The Balaban J connectivity index is 1.85. The Kier molecular flexibility index (Phi) is 6.03. The van der Waals surface area contributed by atoms with Gasteiger partial charge in [0.25, 0.3) is 5.91 Å². The summed E-state index contributed by atoms with van der Waals surface area (Å²) >= 11 is 1.27. The second-order valence-corrected chi connectivity index (χ2v) is 7.12. The van der Waals surface area contributed by atoms with E-state index in [0.717, 1.165) is 0 Å². The van der Waals surface area contributed by atoms with Crippen LogP contribution in [0.1, 0.15) is 31.2 Å². The fraction of sp³-hybridized carbons (Fsp3) is 0.143. The molecule has 3 aromatic rings.